The average molecular weight is 264 g/mol. The van der Waals surface area contributed by atoms with Crippen LogP contribution in [-0.4, -0.2) is 18.4 Å². The maximum Gasteiger partial charge on any atom is 0.263 e. The molecule has 0 unspecified atom stereocenters. The van der Waals surface area contributed by atoms with Crippen LogP contribution in [0.25, 0.3) is 0 Å². The van der Waals surface area contributed by atoms with Gasteiger partial charge in [0, 0.05) is 18.9 Å². The third kappa shape index (κ3) is 2.82. The van der Waals surface area contributed by atoms with Gasteiger partial charge in [-0.05, 0) is 17.7 Å². The Bertz CT molecular complexity index is 629. The van der Waals surface area contributed by atoms with Gasteiger partial charge in [-0.3, -0.25) is 9.71 Å². The van der Waals surface area contributed by atoms with E-state index in [1.54, 1.807) is 12.1 Å². The van der Waals surface area contributed by atoms with E-state index in [9.17, 15) is 8.42 Å². The van der Waals surface area contributed by atoms with Gasteiger partial charge in [-0.1, -0.05) is 12.1 Å². The van der Waals surface area contributed by atoms with Crippen LogP contribution >= 0.6 is 0 Å². The summed E-state index contributed by atoms with van der Waals surface area (Å²) < 4.78 is 26.4. The lowest BCUT2D eigenvalue weighted by Gasteiger charge is -2.07. The van der Waals surface area contributed by atoms with E-state index in [0.717, 1.165) is 5.56 Å². The van der Waals surface area contributed by atoms with Gasteiger partial charge in [0.15, 0.2) is 5.82 Å². The molecular weight excluding hydrogens is 252 g/mol. The standard InChI is InChI=1S/C11H12N4O2S/c12-7-9-2-1-3-10(6-9)18(16,17)15-11-8-13-4-5-14-11/h1-6,8H,7,12H2,(H,14,15). The molecule has 0 spiro atoms. The molecule has 0 bridgehead atoms. The maximum absolute atomic E-state index is 12.1. The number of rotatable bonds is 4. The van der Waals surface area contributed by atoms with E-state index < -0.39 is 10.0 Å². The Balaban J connectivity index is 2.31. The summed E-state index contributed by atoms with van der Waals surface area (Å²) in [4.78, 5) is 7.79. The van der Waals surface area contributed by atoms with Crippen LogP contribution in [0.2, 0.25) is 0 Å². The number of nitrogens with one attached hydrogen (secondary N) is 1. The Morgan fingerprint density at radius 3 is 2.78 bits per heavy atom. The second kappa shape index (κ2) is 5.11. The molecule has 2 rings (SSSR count). The van der Waals surface area contributed by atoms with Crippen LogP contribution in [0.4, 0.5) is 5.82 Å². The van der Waals surface area contributed by atoms with Gasteiger partial charge in [-0.2, -0.15) is 0 Å². The third-order valence-electron chi connectivity index (χ3n) is 2.25. The predicted molar refractivity (Wildman–Crippen MR) is 67.2 cm³/mol. The van der Waals surface area contributed by atoms with Gasteiger partial charge in [-0.25, -0.2) is 13.4 Å². The molecule has 0 aliphatic heterocycles. The SMILES string of the molecule is NCc1cccc(S(=O)(=O)Nc2cnccn2)c1. The van der Waals surface area contributed by atoms with Gasteiger partial charge in [-0.15, -0.1) is 0 Å². The lowest BCUT2D eigenvalue weighted by atomic mass is 10.2. The first kappa shape index (κ1) is 12.5. The van der Waals surface area contributed by atoms with Gasteiger partial charge in [0.1, 0.15) is 0 Å². The molecule has 3 N–H and O–H groups in total. The number of anilines is 1. The normalized spacial score (nSPS) is 11.2. The smallest absolute Gasteiger partial charge is 0.263 e. The molecule has 1 aromatic heterocycles. The quantitative estimate of drug-likeness (QED) is 0.848. The fourth-order valence-corrected chi connectivity index (χ4v) is 2.45. The van der Waals surface area contributed by atoms with Crippen LogP contribution < -0.4 is 10.5 Å². The van der Waals surface area contributed by atoms with Crippen LogP contribution in [0.15, 0.2) is 47.8 Å². The molecule has 94 valence electrons. The minimum Gasteiger partial charge on any atom is -0.326 e. The van der Waals surface area contributed by atoms with Crippen molar-refractivity contribution in [2.24, 2.45) is 5.73 Å². The fourth-order valence-electron chi connectivity index (χ4n) is 1.39. The summed E-state index contributed by atoms with van der Waals surface area (Å²) >= 11 is 0. The molecule has 0 saturated carbocycles. The first-order valence-corrected chi connectivity index (χ1v) is 6.68. The zero-order valence-electron chi connectivity index (χ0n) is 9.45. The molecule has 1 heterocycles. The second-order valence-electron chi connectivity index (χ2n) is 3.55. The lowest BCUT2D eigenvalue weighted by Crippen LogP contribution is -2.14. The summed E-state index contributed by atoms with van der Waals surface area (Å²) in [6.07, 6.45) is 4.21. The number of benzene rings is 1. The molecule has 2 aromatic rings. The van der Waals surface area contributed by atoms with Crippen molar-refractivity contribution < 1.29 is 8.42 Å². The van der Waals surface area contributed by atoms with Gasteiger partial charge in [0.05, 0.1) is 11.1 Å². The van der Waals surface area contributed by atoms with Crippen LogP contribution in [0.3, 0.4) is 0 Å². The summed E-state index contributed by atoms with van der Waals surface area (Å²) in [6.45, 7) is 0.286. The van der Waals surface area contributed by atoms with E-state index in [1.165, 1.54) is 30.7 Å². The van der Waals surface area contributed by atoms with Crippen molar-refractivity contribution in [2.45, 2.75) is 11.4 Å². The first-order valence-electron chi connectivity index (χ1n) is 5.19. The molecule has 0 saturated heterocycles. The zero-order valence-corrected chi connectivity index (χ0v) is 10.3. The monoisotopic (exact) mass is 264 g/mol. The molecular formula is C11H12N4O2S. The minimum atomic E-state index is -3.65. The number of nitrogens with zero attached hydrogens (tertiary/aromatic N) is 2. The van der Waals surface area contributed by atoms with Crippen molar-refractivity contribution in [1.82, 2.24) is 9.97 Å². The van der Waals surface area contributed by atoms with Crippen molar-refractivity contribution in [1.29, 1.82) is 0 Å². The van der Waals surface area contributed by atoms with Gasteiger partial charge >= 0.3 is 0 Å². The Morgan fingerprint density at radius 2 is 2.11 bits per heavy atom. The van der Waals surface area contributed by atoms with Crippen LogP contribution in [-0.2, 0) is 16.6 Å². The molecule has 18 heavy (non-hydrogen) atoms. The Morgan fingerprint density at radius 1 is 1.28 bits per heavy atom. The summed E-state index contributed by atoms with van der Waals surface area (Å²) in [7, 11) is -3.65. The van der Waals surface area contributed by atoms with Crippen LogP contribution in [0.1, 0.15) is 5.56 Å². The highest BCUT2D eigenvalue weighted by atomic mass is 32.2. The highest BCUT2D eigenvalue weighted by Gasteiger charge is 2.14. The zero-order chi connectivity index (χ0) is 13.0. The molecule has 0 amide bonds. The molecule has 6 nitrogen and oxygen atoms in total. The van der Waals surface area contributed by atoms with E-state index in [0.29, 0.717) is 0 Å². The van der Waals surface area contributed by atoms with Crippen molar-refractivity contribution in [3.05, 3.63) is 48.4 Å². The average Bonchev–Trinajstić information content (AvgIpc) is 2.39. The van der Waals surface area contributed by atoms with Crippen LogP contribution in [0, 0.1) is 0 Å². The van der Waals surface area contributed by atoms with Crippen molar-refractivity contribution in [3.63, 3.8) is 0 Å². The summed E-state index contributed by atoms with van der Waals surface area (Å²) in [5.74, 6) is 0.177. The summed E-state index contributed by atoms with van der Waals surface area (Å²) in [5.41, 5.74) is 6.22. The Labute approximate surface area is 105 Å². The number of sulfonamides is 1. The number of hydrogen-bond acceptors (Lipinski definition) is 5. The minimum absolute atomic E-state index is 0.149. The number of nitrogens with two attached hydrogens (primary N) is 1. The van der Waals surface area contributed by atoms with Gasteiger partial charge in [0.25, 0.3) is 10.0 Å². The molecule has 0 fully saturated rings. The molecule has 7 heteroatoms. The van der Waals surface area contributed by atoms with Crippen LogP contribution in [0.5, 0.6) is 0 Å². The first-order chi connectivity index (χ1) is 8.62. The third-order valence-corrected chi connectivity index (χ3v) is 3.60. The summed E-state index contributed by atoms with van der Waals surface area (Å²) in [5, 5.41) is 0. The maximum atomic E-state index is 12.1. The van der Waals surface area contributed by atoms with E-state index in [-0.39, 0.29) is 17.3 Å². The van der Waals surface area contributed by atoms with Gasteiger partial charge < -0.3 is 5.73 Å². The highest BCUT2D eigenvalue weighted by Crippen LogP contribution is 2.14. The van der Waals surface area contributed by atoms with Crippen molar-refractivity contribution in [3.8, 4) is 0 Å². The van der Waals surface area contributed by atoms with E-state index in [2.05, 4.69) is 14.7 Å². The van der Waals surface area contributed by atoms with E-state index in [1.807, 2.05) is 0 Å². The Kier molecular flexibility index (Phi) is 3.54. The van der Waals surface area contributed by atoms with Crippen molar-refractivity contribution in [2.75, 3.05) is 4.72 Å². The molecule has 0 aliphatic rings. The summed E-state index contributed by atoms with van der Waals surface area (Å²) in [6, 6.07) is 6.44. The number of hydrogen-bond donors (Lipinski definition) is 2. The second-order valence-corrected chi connectivity index (χ2v) is 5.23. The fraction of sp³-hybridized carbons (Fsp3) is 0.0909. The molecule has 0 atom stereocenters. The lowest BCUT2D eigenvalue weighted by molar-refractivity contribution is 0.601. The van der Waals surface area contributed by atoms with E-state index >= 15 is 0 Å². The number of aromatic nitrogens is 2. The Hall–Kier alpha value is -1.99. The topological polar surface area (TPSA) is 98.0 Å². The van der Waals surface area contributed by atoms with Crippen molar-refractivity contribution >= 4 is 15.8 Å². The van der Waals surface area contributed by atoms with E-state index in [4.69, 9.17) is 5.73 Å². The predicted octanol–water partition coefficient (Wildman–Crippen LogP) is 0.736. The largest absolute Gasteiger partial charge is 0.326 e. The molecule has 0 aliphatic carbocycles. The van der Waals surface area contributed by atoms with Gasteiger partial charge in [0.2, 0.25) is 0 Å². The molecule has 1 aromatic carbocycles. The highest BCUT2D eigenvalue weighted by molar-refractivity contribution is 7.92. The molecule has 0 radical (unpaired) electrons.